The van der Waals surface area contributed by atoms with E-state index in [-0.39, 0.29) is 5.91 Å². The highest BCUT2D eigenvalue weighted by Crippen LogP contribution is 2.21. The number of anilines is 1. The van der Waals surface area contributed by atoms with Crippen LogP contribution in [0.5, 0.6) is 0 Å². The summed E-state index contributed by atoms with van der Waals surface area (Å²) in [5.41, 5.74) is 1.70. The van der Waals surface area contributed by atoms with E-state index in [1.54, 1.807) is 11.9 Å². The topological polar surface area (TPSA) is 33.2 Å². The molecule has 0 fully saturated rings. The molecule has 1 amide bonds. The molecule has 88 valence electrons. The van der Waals surface area contributed by atoms with Gasteiger partial charge in [0.05, 0.1) is 10.7 Å². The van der Waals surface area contributed by atoms with Crippen LogP contribution in [0.15, 0.2) is 30.3 Å². The third-order valence-corrected chi connectivity index (χ3v) is 3.61. The highest BCUT2D eigenvalue weighted by Gasteiger charge is 2.18. The summed E-state index contributed by atoms with van der Waals surface area (Å²) < 4.78 is 0. The van der Waals surface area contributed by atoms with Crippen molar-refractivity contribution in [3.63, 3.8) is 0 Å². The number of thiazole rings is 1. The summed E-state index contributed by atoms with van der Waals surface area (Å²) >= 11 is 1.44. The van der Waals surface area contributed by atoms with Crippen LogP contribution < -0.4 is 4.90 Å². The molecule has 0 N–H and O–H groups in total. The number of hydrogen-bond acceptors (Lipinski definition) is 3. The highest BCUT2D eigenvalue weighted by atomic mass is 32.1. The van der Waals surface area contributed by atoms with E-state index >= 15 is 0 Å². The molecule has 1 aromatic heterocycles. The number of hydrogen-bond donors (Lipinski definition) is 0. The Hall–Kier alpha value is -1.68. The average Bonchev–Trinajstić information content (AvgIpc) is 2.68. The molecule has 0 aliphatic heterocycles. The first-order valence-electron chi connectivity index (χ1n) is 5.36. The number of nitrogens with zero attached hydrogens (tertiary/aromatic N) is 2. The van der Waals surface area contributed by atoms with Crippen LogP contribution in [-0.4, -0.2) is 17.9 Å². The highest BCUT2D eigenvalue weighted by molar-refractivity contribution is 7.13. The van der Waals surface area contributed by atoms with Crippen molar-refractivity contribution in [2.75, 3.05) is 11.9 Å². The molecule has 0 saturated heterocycles. The summed E-state index contributed by atoms with van der Waals surface area (Å²) in [5, 5.41) is 0.923. The van der Waals surface area contributed by atoms with Crippen molar-refractivity contribution in [3.8, 4) is 0 Å². The van der Waals surface area contributed by atoms with Gasteiger partial charge in [0.2, 0.25) is 0 Å². The van der Waals surface area contributed by atoms with Gasteiger partial charge in [0.15, 0.2) is 0 Å². The lowest BCUT2D eigenvalue weighted by Gasteiger charge is -2.16. The molecule has 0 bridgehead atoms. The van der Waals surface area contributed by atoms with Gasteiger partial charge in [0, 0.05) is 12.7 Å². The number of amides is 1. The zero-order valence-corrected chi connectivity index (χ0v) is 10.9. The number of para-hydroxylation sites is 1. The second kappa shape index (κ2) is 4.67. The molecule has 2 rings (SSSR count). The average molecular weight is 246 g/mol. The van der Waals surface area contributed by atoms with Crippen molar-refractivity contribution >= 4 is 22.9 Å². The fourth-order valence-electron chi connectivity index (χ4n) is 1.65. The van der Waals surface area contributed by atoms with Crippen molar-refractivity contribution in [1.82, 2.24) is 4.98 Å². The standard InChI is InChI=1S/C13H14N2OS/c1-9-12(17-10(2)14-9)13(16)15(3)11-7-5-4-6-8-11/h4-8H,1-3H3. The number of aromatic nitrogens is 1. The van der Waals surface area contributed by atoms with Crippen LogP contribution in [0, 0.1) is 13.8 Å². The van der Waals surface area contributed by atoms with E-state index in [1.165, 1.54) is 11.3 Å². The molecule has 3 nitrogen and oxygen atoms in total. The largest absolute Gasteiger partial charge is 0.311 e. The molecule has 0 atom stereocenters. The minimum atomic E-state index is -0.000648. The third kappa shape index (κ3) is 2.36. The summed E-state index contributed by atoms with van der Waals surface area (Å²) in [5.74, 6) is -0.000648. The van der Waals surface area contributed by atoms with Crippen LogP contribution in [0.2, 0.25) is 0 Å². The Morgan fingerprint density at radius 2 is 1.88 bits per heavy atom. The molecule has 0 aliphatic carbocycles. The van der Waals surface area contributed by atoms with Gasteiger partial charge in [-0.1, -0.05) is 18.2 Å². The number of rotatable bonds is 2. The first-order valence-corrected chi connectivity index (χ1v) is 6.18. The minimum Gasteiger partial charge on any atom is -0.311 e. The minimum absolute atomic E-state index is 0.000648. The Morgan fingerprint density at radius 3 is 2.41 bits per heavy atom. The zero-order chi connectivity index (χ0) is 12.4. The van der Waals surface area contributed by atoms with Gasteiger partial charge in [-0.3, -0.25) is 4.79 Å². The smallest absolute Gasteiger partial charge is 0.270 e. The van der Waals surface area contributed by atoms with E-state index in [9.17, 15) is 4.79 Å². The number of aryl methyl sites for hydroxylation is 2. The molecular formula is C13H14N2OS. The van der Waals surface area contributed by atoms with Crippen molar-refractivity contribution in [2.45, 2.75) is 13.8 Å². The molecule has 0 radical (unpaired) electrons. The summed E-state index contributed by atoms with van der Waals surface area (Å²) in [6.07, 6.45) is 0. The van der Waals surface area contributed by atoms with Gasteiger partial charge in [-0.15, -0.1) is 11.3 Å². The molecule has 0 spiro atoms. The second-order valence-corrected chi connectivity index (χ2v) is 5.05. The van der Waals surface area contributed by atoms with Gasteiger partial charge in [-0.25, -0.2) is 4.98 Å². The maximum atomic E-state index is 12.3. The van der Waals surface area contributed by atoms with Crippen molar-refractivity contribution in [1.29, 1.82) is 0 Å². The number of carbonyl (C=O) groups is 1. The van der Waals surface area contributed by atoms with Crippen LogP contribution in [-0.2, 0) is 0 Å². The lowest BCUT2D eigenvalue weighted by molar-refractivity contribution is 0.0996. The normalized spacial score (nSPS) is 10.3. The predicted octanol–water partition coefficient (Wildman–Crippen LogP) is 3.04. The summed E-state index contributed by atoms with van der Waals surface area (Å²) in [6.45, 7) is 3.78. The second-order valence-electron chi connectivity index (χ2n) is 3.85. The quantitative estimate of drug-likeness (QED) is 0.816. The zero-order valence-electron chi connectivity index (χ0n) is 10.1. The van der Waals surface area contributed by atoms with E-state index in [4.69, 9.17) is 0 Å². The number of benzene rings is 1. The van der Waals surface area contributed by atoms with E-state index in [2.05, 4.69) is 4.98 Å². The molecule has 0 saturated carbocycles. The van der Waals surface area contributed by atoms with Crippen molar-refractivity contribution in [3.05, 3.63) is 45.9 Å². The van der Waals surface area contributed by atoms with Crippen LogP contribution >= 0.6 is 11.3 Å². The Bertz CT molecular complexity index is 534. The maximum Gasteiger partial charge on any atom is 0.270 e. The van der Waals surface area contributed by atoms with Crippen LogP contribution in [0.3, 0.4) is 0 Å². The van der Waals surface area contributed by atoms with Gasteiger partial charge >= 0.3 is 0 Å². The molecule has 2 aromatic rings. The monoisotopic (exact) mass is 246 g/mol. The fraction of sp³-hybridized carbons (Fsp3) is 0.231. The van der Waals surface area contributed by atoms with Crippen LogP contribution in [0.25, 0.3) is 0 Å². The predicted molar refractivity (Wildman–Crippen MR) is 70.8 cm³/mol. The summed E-state index contributed by atoms with van der Waals surface area (Å²) in [4.78, 5) is 18.9. The van der Waals surface area contributed by atoms with Crippen LogP contribution in [0.1, 0.15) is 20.4 Å². The van der Waals surface area contributed by atoms with E-state index < -0.39 is 0 Å². The Labute approximate surface area is 105 Å². The van der Waals surface area contributed by atoms with Gasteiger partial charge in [-0.05, 0) is 26.0 Å². The maximum absolute atomic E-state index is 12.3. The number of carbonyl (C=O) groups excluding carboxylic acids is 1. The lowest BCUT2D eigenvalue weighted by atomic mass is 10.3. The van der Waals surface area contributed by atoms with Crippen molar-refractivity contribution < 1.29 is 4.79 Å². The lowest BCUT2D eigenvalue weighted by Crippen LogP contribution is -2.25. The SMILES string of the molecule is Cc1nc(C)c(C(=O)N(C)c2ccccc2)s1. The molecule has 1 heterocycles. The van der Waals surface area contributed by atoms with Crippen molar-refractivity contribution in [2.24, 2.45) is 0 Å². The fourth-order valence-corrected chi connectivity index (χ4v) is 2.55. The van der Waals surface area contributed by atoms with Gasteiger partial charge in [0.1, 0.15) is 4.88 Å². The molecule has 0 unspecified atom stereocenters. The third-order valence-electron chi connectivity index (χ3n) is 2.55. The Morgan fingerprint density at radius 1 is 1.24 bits per heavy atom. The van der Waals surface area contributed by atoms with Gasteiger partial charge in [-0.2, -0.15) is 0 Å². The van der Waals surface area contributed by atoms with Gasteiger partial charge in [0.25, 0.3) is 5.91 Å². The molecule has 17 heavy (non-hydrogen) atoms. The van der Waals surface area contributed by atoms with Crippen LogP contribution in [0.4, 0.5) is 5.69 Å². The first-order chi connectivity index (χ1) is 8.09. The molecular weight excluding hydrogens is 232 g/mol. The Balaban J connectivity index is 2.30. The Kier molecular flexibility index (Phi) is 3.24. The molecule has 1 aromatic carbocycles. The summed E-state index contributed by atoms with van der Waals surface area (Å²) in [6, 6.07) is 9.61. The molecule has 0 aliphatic rings. The summed E-state index contributed by atoms with van der Waals surface area (Å²) in [7, 11) is 1.78. The van der Waals surface area contributed by atoms with Gasteiger partial charge < -0.3 is 4.90 Å². The van der Waals surface area contributed by atoms with E-state index in [1.807, 2.05) is 44.2 Å². The first kappa shape index (κ1) is 11.8. The molecule has 4 heteroatoms. The van der Waals surface area contributed by atoms with E-state index in [0.717, 1.165) is 16.4 Å². The van der Waals surface area contributed by atoms with E-state index in [0.29, 0.717) is 4.88 Å².